The standard InChI is InChI=1S/C10H13N3O/c14-10-8(6-1-2-6)5-12-9(13-10)7-3-11-4-7/h5-7,11H,1-4H2,(H,12,13,14). The van der Waals surface area contributed by atoms with Gasteiger partial charge in [-0.3, -0.25) is 4.79 Å². The Morgan fingerprint density at radius 1 is 1.29 bits per heavy atom. The van der Waals surface area contributed by atoms with Gasteiger partial charge in [-0.15, -0.1) is 0 Å². The van der Waals surface area contributed by atoms with Gasteiger partial charge in [0.05, 0.1) is 0 Å². The number of rotatable bonds is 2. The molecule has 14 heavy (non-hydrogen) atoms. The van der Waals surface area contributed by atoms with Gasteiger partial charge in [0.1, 0.15) is 5.82 Å². The SMILES string of the molecule is O=c1[nH]c(C2CNC2)ncc1C1CC1. The summed E-state index contributed by atoms with van der Waals surface area (Å²) in [4.78, 5) is 18.9. The van der Waals surface area contributed by atoms with Crippen molar-refractivity contribution in [2.24, 2.45) is 0 Å². The Balaban J connectivity index is 1.93. The molecule has 0 radical (unpaired) electrons. The third kappa shape index (κ3) is 1.26. The maximum absolute atomic E-state index is 11.6. The highest BCUT2D eigenvalue weighted by molar-refractivity contribution is 5.18. The molecule has 2 fully saturated rings. The summed E-state index contributed by atoms with van der Waals surface area (Å²) in [5.74, 6) is 1.74. The van der Waals surface area contributed by atoms with Crippen LogP contribution in [0.15, 0.2) is 11.0 Å². The zero-order valence-electron chi connectivity index (χ0n) is 7.92. The van der Waals surface area contributed by atoms with E-state index in [1.54, 1.807) is 6.20 Å². The number of H-pyrrole nitrogens is 1. The summed E-state index contributed by atoms with van der Waals surface area (Å²) in [6, 6.07) is 0. The molecule has 1 aromatic heterocycles. The molecule has 0 unspecified atom stereocenters. The molecule has 4 heteroatoms. The molecule has 2 heterocycles. The van der Waals surface area contributed by atoms with E-state index in [0.29, 0.717) is 11.8 Å². The van der Waals surface area contributed by atoms with Crippen LogP contribution in [0, 0.1) is 0 Å². The van der Waals surface area contributed by atoms with Gasteiger partial charge in [-0.1, -0.05) is 0 Å². The lowest BCUT2D eigenvalue weighted by molar-refractivity contribution is 0.428. The first kappa shape index (κ1) is 8.17. The van der Waals surface area contributed by atoms with Crippen LogP contribution < -0.4 is 10.9 Å². The maximum Gasteiger partial charge on any atom is 0.254 e. The van der Waals surface area contributed by atoms with Crippen molar-refractivity contribution in [2.75, 3.05) is 13.1 Å². The van der Waals surface area contributed by atoms with Gasteiger partial charge in [0.2, 0.25) is 0 Å². The highest BCUT2D eigenvalue weighted by atomic mass is 16.1. The van der Waals surface area contributed by atoms with Crippen LogP contribution in [0.2, 0.25) is 0 Å². The summed E-state index contributed by atoms with van der Waals surface area (Å²) >= 11 is 0. The van der Waals surface area contributed by atoms with E-state index in [-0.39, 0.29) is 5.56 Å². The molecule has 1 aliphatic carbocycles. The number of aromatic amines is 1. The fourth-order valence-electron chi connectivity index (χ4n) is 1.79. The second kappa shape index (κ2) is 2.92. The molecule has 0 bridgehead atoms. The van der Waals surface area contributed by atoms with Crippen LogP contribution in [0.1, 0.15) is 36.1 Å². The second-order valence-corrected chi connectivity index (χ2v) is 4.18. The summed E-state index contributed by atoms with van der Waals surface area (Å²) < 4.78 is 0. The van der Waals surface area contributed by atoms with E-state index in [0.717, 1.165) is 37.3 Å². The highest BCUT2D eigenvalue weighted by Crippen LogP contribution is 2.37. The summed E-state index contributed by atoms with van der Waals surface area (Å²) in [6.45, 7) is 1.87. The van der Waals surface area contributed by atoms with Gasteiger partial charge >= 0.3 is 0 Å². The van der Waals surface area contributed by atoms with Gasteiger partial charge in [-0.2, -0.15) is 0 Å². The number of nitrogens with zero attached hydrogens (tertiary/aromatic N) is 1. The van der Waals surface area contributed by atoms with Crippen molar-refractivity contribution in [3.05, 3.63) is 27.9 Å². The van der Waals surface area contributed by atoms with E-state index in [9.17, 15) is 4.79 Å². The van der Waals surface area contributed by atoms with Crippen LogP contribution in [0.5, 0.6) is 0 Å². The van der Waals surface area contributed by atoms with E-state index < -0.39 is 0 Å². The summed E-state index contributed by atoms with van der Waals surface area (Å²) in [5, 5.41) is 3.17. The Bertz CT molecular complexity index is 404. The van der Waals surface area contributed by atoms with Crippen LogP contribution in [-0.2, 0) is 0 Å². The topological polar surface area (TPSA) is 57.8 Å². The van der Waals surface area contributed by atoms with E-state index in [1.165, 1.54) is 0 Å². The third-order valence-electron chi connectivity index (χ3n) is 3.03. The fourth-order valence-corrected chi connectivity index (χ4v) is 1.79. The summed E-state index contributed by atoms with van der Waals surface area (Å²) in [5.41, 5.74) is 0.949. The number of hydrogen-bond donors (Lipinski definition) is 2. The van der Waals surface area contributed by atoms with E-state index in [4.69, 9.17) is 0 Å². The molecule has 3 rings (SSSR count). The minimum Gasteiger partial charge on any atom is -0.315 e. The van der Waals surface area contributed by atoms with Gasteiger partial charge in [0.25, 0.3) is 5.56 Å². The van der Waals surface area contributed by atoms with Crippen molar-refractivity contribution in [3.8, 4) is 0 Å². The first-order valence-corrected chi connectivity index (χ1v) is 5.14. The average molecular weight is 191 g/mol. The molecule has 1 aromatic rings. The van der Waals surface area contributed by atoms with Crippen molar-refractivity contribution in [2.45, 2.75) is 24.7 Å². The minimum atomic E-state index is 0.0735. The normalized spacial score (nSPS) is 22.0. The van der Waals surface area contributed by atoms with Crippen LogP contribution in [0.3, 0.4) is 0 Å². The Labute approximate surface area is 81.8 Å². The monoisotopic (exact) mass is 191 g/mol. The minimum absolute atomic E-state index is 0.0735. The van der Waals surface area contributed by atoms with Crippen molar-refractivity contribution >= 4 is 0 Å². The molecule has 1 saturated heterocycles. The van der Waals surface area contributed by atoms with E-state index >= 15 is 0 Å². The number of nitrogens with one attached hydrogen (secondary N) is 2. The first-order valence-electron chi connectivity index (χ1n) is 5.14. The molecule has 0 atom stereocenters. The van der Waals surface area contributed by atoms with E-state index in [1.807, 2.05) is 0 Å². The Kier molecular flexibility index (Phi) is 1.70. The molecule has 0 aromatic carbocycles. The van der Waals surface area contributed by atoms with Crippen LogP contribution in [0.25, 0.3) is 0 Å². The van der Waals surface area contributed by atoms with Crippen LogP contribution >= 0.6 is 0 Å². The van der Waals surface area contributed by atoms with Gasteiger partial charge in [0.15, 0.2) is 0 Å². The molecule has 1 saturated carbocycles. The van der Waals surface area contributed by atoms with Gasteiger partial charge in [-0.25, -0.2) is 4.98 Å². The average Bonchev–Trinajstić information content (AvgIpc) is 2.84. The van der Waals surface area contributed by atoms with Crippen molar-refractivity contribution in [1.29, 1.82) is 0 Å². The van der Waals surface area contributed by atoms with Gasteiger partial charge in [-0.05, 0) is 18.8 Å². The lowest BCUT2D eigenvalue weighted by atomic mass is 10.0. The lowest BCUT2D eigenvalue weighted by Crippen LogP contribution is -2.41. The molecule has 74 valence electrons. The predicted octanol–water partition coefficient (Wildman–Crippen LogP) is 0.334. The third-order valence-corrected chi connectivity index (χ3v) is 3.03. The smallest absolute Gasteiger partial charge is 0.254 e. The molecule has 0 spiro atoms. The number of hydrogen-bond acceptors (Lipinski definition) is 3. The van der Waals surface area contributed by atoms with Crippen LogP contribution in [0.4, 0.5) is 0 Å². The molecular weight excluding hydrogens is 178 g/mol. The Morgan fingerprint density at radius 3 is 2.57 bits per heavy atom. The highest BCUT2D eigenvalue weighted by Gasteiger charge is 2.28. The fraction of sp³-hybridized carbons (Fsp3) is 0.600. The van der Waals surface area contributed by atoms with Gasteiger partial charge < -0.3 is 10.3 Å². The van der Waals surface area contributed by atoms with Crippen molar-refractivity contribution < 1.29 is 0 Å². The number of aromatic nitrogens is 2. The van der Waals surface area contributed by atoms with Gasteiger partial charge in [0, 0.05) is 30.8 Å². The Hall–Kier alpha value is -1.16. The summed E-state index contributed by atoms with van der Waals surface area (Å²) in [7, 11) is 0. The van der Waals surface area contributed by atoms with Crippen molar-refractivity contribution in [3.63, 3.8) is 0 Å². The largest absolute Gasteiger partial charge is 0.315 e. The zero-order valence-corrected chi connectivity index (χ0v) is 7.92. The molecule has 2 N–H and O–H groups in total. The zero-order chi connectivity index (χ0) is 9.54. The van der Waals surface area contributed by atoms with Crippen LogP contribution in [-0.4, -0.2) is 23.1 Å². The maximum atomic E-state index is 11.6. The quantitative estimate of drug-likeness (QED) is 0.708. The predicted molar refractivity (Wildman–Crippen MR) is 52.4 cm³/mol. The molecule has 0 amide bonds. The molecular formula is C10H13N3O. The first-order chi connectivity index (χ1) is 6.84. The lowest BCUT2D eigenvalue weighted by Gasteiger charge is -2.25. The summed E-state index contributed by atoms with van der Waals surface area (Å²) in [6.07, 6.45) is 4.06. The molecule has 4 nitrogen and oxygen atoms in total. The Morgan fingerprint density at radius 2 is 2.07 bits per heavy atom. The van der Waals surface area contributed by atoms with Crippen molar-refractivity contribution in [1.82, 2.24) is 15.3 Å². The van der Waals surface area contributed by atoms with E-state index in [2.05, 4.69) is 15.3 Å². The second-order valence-electron chi connectivity index (χ2n) is 4.18. The molecule has 1 aliphatic heterocycles. The molecule has 2 aliphatic rings.